The van der Waals surface area contributed by atoms with Crippen molar-refractivity contribution in [3.05, 3.63) is 22.5 Å². The molecule has 0 spiro atoms. The topological polar surface area (TPSA) is 65.8 Å². The van der Waals surface area contributed by atoms with Gasteiger partial charge in [0, 0.05) is 43.6 Å². The standard InChI is InChI=1S/C17H25N3O3/c1-11-15(14(21)10-19-8-6-18(3)7-9-19)16(17(22)23)12(2)20(11)13-4-5-13/h13H,4-10H2,1-3H3,(H,22,23). The van der Waals surface area contributed by atoms with E-state index in [9.17, 15) is 14.7 Å². The highest BCUT2D eigenvalue weighted by Crippen LogP contribution is 2.40. The molecule has 2 aliphatic rings. The number of carbonyl (C=O) groups excluding carboxylic acids is 1. The molecule has 23 heavy (non-hydrogen) atoms. The third-order valence-electron chi connectivity index (χ3n) is 5.06. The van der Waals surface area contributed by atoms with Gasteiger partial charge >= 0.3 is 5.97 Å². The van der Waals surface area contributed by atoms with Crippen LogP contribution in [0.3, 0.4) is 0 Å². The van der Waals surface area contributed by atoms with E-state index in [2.05, 4.69) is 21.4 Å². The van der Waals surface area contributed by atoms with E-state index in [1.807, 2.05) is 13.8 Å². The quantitative estimate of drug-likeness (QED) is 0.835. The maximum atomic E-state index is 12.8. The fourth-order valence-electron chi connectivity index (χ4n) is 3.63. The van der Waals surface area contributed by atoms with Crippen LogP contribution < -0.4 is 0 Å². The summed E-state index contributed by atoms with van der Waals surface area (Å²) in [6, 6.07) is 0.373. The molecular formula is C17H25N3O3. The number of carboxylic acid groups (broad SMARTS) is 1. The van der Waals surface area contributed by atoms with Crippen LogP contribution in [0.15, 0.2) is 0 Å². The molecule has 1 aromatic heterocycles. The Kier molecular flexibility index (Phi) is 4.29. The number of carboxylic acids is 1. The number of carbonyl (C=O) groups is 2. The van der Waals surface area contributed by atoms with Crippen LogP contribution in [-0.4, -0.2) is 71.0 Å². The summed E-state index contributed by atoms with van der Waals surface area (Å²) in [5.41, 5.74) is 2.16. The number of aromatic carboxylic acids is 1. The van der Waals surface area contributed by atoms with Crippen LogP contribution in [0.1, 0.15) is 51.0 Å². The van der Waals surface area contributed by atoms with Crippen molar-refractivity contribution in [2.75, 3.05) is 39.8 Å². The molecule has 0 atom stereocenters. The van der Waals surface area contributed by atoms with Crippen LogP contribution in [-0.2, 0) is 0 Å². The second-order valence-electron chi connectivity index (χ2n) is 6.83. The van der Waals surface area contributed by atoms with Gasteiger partial charge in [-0.1, -0.05) is 0 Å². The summed E-state index contributed by atoms with van der Waals surface area (Å²) in [5.74, 6) is -1.06. The summed E-state index contributed by atoms with van der Waals surface area (Å²) in [4.78, 5) is 28.9. The summed E-state index contributed by atoms with van der Waals surface area (Å²) in [6.07, 6.45) is 2.14. The average molecular weight is 319 g/mol. The largest absolute Gasteiger partial charge is 0.478 e. The zero-order valence-electron chi connectivity index (χ0n) is 14.1. The monoisotopic (exact) mass is 319 g/mol. The Labute approximate surface area is 136 Å². The molecule has 6 heteroatoms. The van der Waals surface area contributed by atoms with Gasteiger partial charge in [-0.2, -0.15) is 0 Å². The molecule has 1 N–H and O–H groups in total. The Morgan fingerprint density at radius 1 is 1.04 bits per heavy atom. The van der Waals surface area contributed by atoms with Crippen LogP contribution >= 0.6 is 0 Å². The lowest BCUT2D eigenvalue weighted by molar-refractivity contribution is 0.0688. The first-order valence-corrected chi connectivity index (χ1v) is 8.29. The van der Waals surface area contributed by atoms with E-state index in [1.54, 1.807) is 0 Å². The Balaban J connectivity index is 1.87. The number of rotatable bonds is 5. The van der Waals surface area contributed by atoms with Gasteiger partial charge in [-0.15, -0.1) is 0 Å². The van der Waals surface area contributed by atoms with Gasteiger partial charge < -0.3 is 14.6 Å². The minimum atomic E-state index is -0.994. The molecule has 0 aromatic carbocycles. The molecule has 1 aromatic rings. The molecule has 6 nitrogen and oxygen atoms in total. The molecule has 2 heterocycles. The number of hydrogen-bond donors (Lipinski definition) is 1. The van der Waals surface area contributed by atoms with E-state index in [0.29, 0.717) is 18.2 Å². The molecule has 0 bridgehead atoms. The third-order valence-corrected chi connectivity index (χ3v) is 5.06. The van der Waals surface area contributed by atoms with Crippen molar-refractivity contribution in [3.63, 3.8) is 0 Å². The molecule has 2 fully saturated rings. The zero-order valence-corrected chi connectivity index (χ0v) is 14.1. The van der Waals surface area contributed by atoms with E-state index >= 15 is 0 Å². The normalized spacial score (nSPS) is 20.0. The Morgan fingerprint density at radius 2 is 1.61 bits per heavy atom. The van der Waals surface area contributed by atoms with Gasteiger partial charge in [0.15, 0.2) is 5.78 Å². The molecule has 126 valence electrons. The lowest BCUT2D eigenvalue weighted by Gasteiger charge is -2.31. The number of aromatic nitrogens is 1. The van der Waals surface area contributed by atoms with Crippen LogP contribution in [0.2, 0.25) is 0 Å². The summed E-state index contributed by atoms with van der Waals surface area (Å²) in [7, 11) is 2.07. The highest BCUT2D eigenvalue weighted by atomic mass is 16.4. The van der Waals surface area contributed by atoms with Crippen molar-refractivity contribution in [2.24, 2.45) is 0 Å². The molecule has 1 aliphatic heterocycles. The van der Waals surface area contributed by atoms with Gasteiger partial charge in [-0.05, 0) is 33.7 Å². The maximum Gasteiger partial charge on any atom is 0.338 e. The Hall–Kier alpha value is -1.66. The van der Waals surface area contributed by atoms with Gasteiger partial charge in [0.25, 0.3) is 0 Å². The van der Waals surface area contributed by atoms with Crippen molar-refractivity contribution < 1.29 is 14.7 Å². The second kappa shape index (κ2) is 6.09. The van der Waals surface area contributed by atoms with Crippen LogP contribution in [0.5, 0.6) is 0 Å². The first-order chi connectivity index (χ1) is 10.9. The van der Waals surface area contributed by atoms with Gasteiger partial charge in [0.05, 0.1) is 17.7 Å². The fourth-order valence-corrected chi connectivity index (χ4v) is 3.63. The van der Waals surface area contributed by atoms with Crippen LogP contribution in [0.25, 0.3) is 0 Å². The maximum absolute atomic E-state index is 12.8. The molecule has 0 amide bonds. The lowest BCUT2D eigenvalue weighted by atomic mass is 10.0. The Bertz CT molecular complexity index is 638. The van der Waals surface area contributed by atoms with Crippen molar-refractivity contribution in [3.8, 4) is 0 Å². The zero-order chi connectivity index (χ0) is 16.7. The van der Waals surface area contributed by atoms with E-state index in [0.717, 1.165) is 50.4 Å². The number of piperazine rings is 1. The predicted molar refractivity (Wildman–Crippen MR) is 87.4 cm³/mol. The van der Waals surface area contributed by atoms with Crippen molar-refractivity contribution >= 4 is 11.8 Å². The van der Waals surface area contributed by atoms with E-state index in [-0.39, 0.29) is 11.3 Å². The summed E-state index contributed by atoms with van der Waals surface area (Å²) >= 11 is 0. The molecule has 0 radical (unpaired) electrons. The van der Waals surface area contributed by atoms with Gasteiger partial charge in [-0.3, -0.25) is 9.69 Å². The minimum Gasteiger partial charge on any atom is -0.478 e. The average Bonchev–Trinajstić information content (AvgIpc) is 3.27. The van der Waals surface area contributed by atoms with E-state index in [1.165, 1.54) is 0 Å². The van der Waals surface area contributed by atoms with Crippen molar-refractivity contribution in [1.29, 1.82) is 0 Å². The smallest absolute Gasteiger partial charge is 0.338 e. The number of likely N-dealkylation sites (N-methyl/N-ethyl adjacent to an activating group) is 1. The van der Waals surface area contributed by atoms with Crippen LogP contribution in [0, 0.1) is 13.8 Å². The first-order valence-electron chi connectivity index (χ1n) is 8.29. The predicted octanol–water partition coefficient (Wildman–Crippen LogP) is 1.57. The molecule has 1 saturated carbocycles. The number of nitrogens with zero attached hydrogens (tertiary/aromatic N) is 3. The highest BCUT2D eigenvalue weighted by Gasteiger charge is 2.34. The molecule has 0 unspecified atom stereocenters. The summed E-state index contributed by atoms with van der Waals surface area (Å²) in [5, 5.41) is 9.59. The number of hydrogen-bond acceptors (Lipinski definition) is 4. The van der Waals surface area contributed by atoms with Gasteiger partial charge in [-0.25, -0.2) is 4.79 Å². The van der Waals surface area contributed by atoms with Crippen molar-refractivity contribution in [2.45, 2.75) is 32.7 Å². The van der Waals surface area contributed by atoms with Crippen molar-refractivity contribution in [1.82, 2.24) is 14.4 Å². The SMILES string of the molecule is Cc1c(C(=O)O)c(C(=O)CN2CCN(C)CC2)c(C)n1C1CC1. The van der Waals surface area contributed by atoms with Crippen LogP contribution in [0.4, 0.5) is 0 Å². The summed E-state index contributed by atoms with van der Waals surface area (Å²) < 4.78 is 2.06. The second-order valence-corrected chi connectivity index (χ2v) is 6.83. The van der Waals surface area contributed by atoms with E-state index < -0.39 is 5.97 Å². The first kappa shape index (κ1) is 16.2. The highest BCUT2D eigenvalue weighted by molar-refractivity contribution is 6.08. The third kappa shape index (κ3) is 3.05. The molecule has 1 aliphatic carbocycles. The number of Topliss-reactive ketones (excluding diaryl/α,β-unsaturated/α-hetero) is 1. The van der Waals surface area contributed by atoms with E-state index in [4.69, 9.17) is 0 Å². The van der Waals surface area contributed by atoms with Gasteiger partial charge in [0.2, 0.25) is 0 Å². The summed E-state index contributed by atoms with van der Waals surface area (Å²) in [6.45, 7) is 7.61. The lowest BCUT2D eigenvalue weighted by Crippen LogP contribution is -2.46. The number of ketones is 1. The Morgan fingerprint density at radius 3 is 2.13 bits per heavy atom. The molecule has 3 rings (SSSR count). The minimum absolute atomic E-state index is 0.0630. The molecule has 1 saturated heterocycles. The van der Waals surface area contributed by atoms with Gasteiger partial charge in [0.1, 0.15) is 0 Å². The molecular weight excluding hydrogens is 294 g/mol. The fraction of sp³-hybridized carbons (Fsp3) is 0.647.